The summed E-state index contributed by atoms with van der Waals surface area (Å²) in [6.07, 6.45) is 2.37. The van der Waals surface area contributed by atoms with Crippen molar-refractivity contribution in [2.45, 2.75) is 25.8 Å². The topological polar surface area (TPSA) is 43.7 Å². The molecule has 2 N–H and O–H groups in total. The molecule has 2 aromatic carbocycles. The molecule has 3 rings (SSSR count). The second kappa shape index (κ2) is 7.73. The number of aromatic hydroxyl groups is 1. The Morgan fingerprint density at radius 3 is 2.72 bits per heavy atom. The molecule has 2 aromatic rings. The van der Waals surface area contributed by atoms with Gasteiger partial charge in [0.05, 0.1) is 11.6 Å². The molecule has 0 radical (unpaired) electrons. The summed E-state index contributed by atoms with van der Waals surface area (Å²) >= 11 is 5.99. The predicted molar refractivity (Wildman–Crippen MR) is 97.3 cm³/mol. The van der Waals surface area contributed by atoms with Crippen molar-refractivity contribution in [3.8, 4) is 5.75 Å². The van der Waals surface area contributed by atoms with Gasteiger partial charge in [-0.05, 0) is 55.1 Å². The fourth-order valence-corrected chi connectivity index (χ4v) is 3.93. The zero-order chi connectivity index (χ0) is 17.9. The van der Waals surface area contributed by atoms with Crippen molar-refractivity contribution in [1.82, 2.24) is 4.90 Å². The van der Waals surface area contributed by atoms with Gasteiger partial charge in [0.25, 0.3) is 0 Å². The Morgan fingerprint density at radius 2 is 2.00 bits per heavy atom. The molecule has 0 aromatic heterocycles. The Labute approximate surface area is 152 Å². The van der Waals surface area contributed by atoms with Crippen molar-refractivity contribution in [1.29, 1.82) is 0 Å². The number of phenolic OH excluding ortho intramolecular Hbond substituents is 1. The second-order valence-corrected chi connectivity index (χ2v) is 7.43. The Hall–Kier alpha value is -1.62. The van der Waals surface area contributed by atoms with Gasteiger partial charge in [-0.25, -0.2) is 4.39 Å². The molecule has 1 aliphatic heterocycles. The van der Waals surface area contributed by atoms with E-state index in [0.29, 0.717) is 30.1 Å². The summed E-state index contributed by atoms with van der Waals surface area (Å²) in [6, 6.07) is 12.0. The van der Waals surface area contributed by atoms with Crippen LogP contribution in [0.5, 0.6) is 5.75 Å². The van der Waals surface area contributed by atoms with Crippen molar-refractivity contribution in [3.05, 3.63) is 64.4 Å². The van der Waals surface area contributed by atoms with Crippen LogP contribution in [-0.4, -0.2) is 34.8 Å². The van der Waals surface area contributed by atoms with Gasteiger partial charge in [-0.15, -0.1) is 0 Å². The SMILES string of the molecule is OC[C@@]1(Cc2ccccc2F)CCCN(Cc2ccc(O)c(Cl)c2)C1. The van der Waals surface area contributed by atoms with Crippen molar-refractivity contribution in [3.63, 3.8) is 0 Å². The standard InChI is InChI=1S/C20H23ClFNO2/c21-17-10-15(6-7-19(17)25)12-23-9-3-8-20(13-23,14-24)11-16-4-1-2-5-18(16)22/h1-2,4-7,10,24-25H,3,8-9,11-14H2/t20-/m1/s1. The van der Waals surface area contributed by atoms with Crippen LogP contribution in [0.15, 0.2) is 42.5 Å². The normalized spacial score (nSPS) is 21.4. The Bertz CT molecular complexity index is 739. The van der Waals surface area contributed by atoms with Crippen molar-refractivity contribution < 1.29 is 14.6 Å². The lowest BCUT2D eigenvalue weighted by Gasteiger charge is -2.42. The summed E-state index contributed by atoms with van der Waals surface area (Å²) in [5.74, 6) is -0.133. The highest BCUT2D eigenvalue weighted by Crippen LogP contribution is 2.35. The second-order valence-electron chi connectivity index (χ2n) is 7.03. The molecule has 5 heteroatoms. The minimum atomic E-state index is -0.332. The Morgan fingerprint density at radius 1 is 1.20 bits per heavy atom. The number of phenols is 1. The smallest absolute Gasteiger partial charge is 0.134 e. The maximum Gasteiger partial charge on any atom is 0.134 e. The molecule has 1 aliphatic rings. The zero-order valence-corrected chi connectivity index (χ0v) is 14.8. The molecular formula is C20H23ClFNO2. The van der Waals surface area contributed by atoms with E-state index < -0.39 is 0 Å². The quantitative estimate of drug-likeness (QED) is 0.843. The van der Waals surface area contributed by atoms with Crippen LogP contribution < -0.4 is 0 Å². The Kier molecular flexibility index (Phi) is 5.62. The molecule has 3 nitrogen and oxygen atoms in total. The number of likely N-dealkylation sites (tertiary alicyclic amines) is 1. The summed E-state index contributed by atoms with van der Waals surface area (Å²) in [4.78, 5) is 2.27. The fourth-order valence-electron chi connectivity index (χ4n) is 3.73. The van der Waals surface area contributed by atoms with Gasteiger partial charge in [-0.3, -0.25) is 4.90 Å². The van der Waals surface area contributed by atoms with Gasteiger partial charge in [0.15, 0.2) is 0 Å². The summed E-state index contributed by atoms with van der Waals surface area (Å²) in [7, 11) is 0. The molecular weight excluding hydrogens is 341 g/mol. The molecule has 0 aliphatic carbocycles. The first-order chi connectivity index (χ1) is 12.0. The maximum atomic E-state index is 14.0. The van der Waals surface area contributed by atoms with E-state index in [2.05, 4.69) is 4.90 Å². The minimum absolute atomic E-state index is 0.0359. The van der Waals surface area contributed by atoms with Gasteiger partial charge in [-0.1, -0.05) is 35.9 Å². The molecule has 0 amide bonds. The third kappa shape index (κ3) is 4.32. The fraction of sp³-hybridized carbons (Fsp3) is 0.400. The van der Waals surface area contributed by atoms with Gasteiger partial charge in [-0.2, -0.15) is 0 Å². The molecule has 1 atom stereocenters. The number of rotatable bonds is 5. The van der Waals surface area contributed by atoms with Gasteiger partial charge in [0.2, 0.25) is 0 Å². The van der Waals surface area contributed by atoms with Crippen LogP contribution in [-0.2, 0) is 13.0 Å². The van der Waals surface area contributed by atoms with E-state index in [1.807, 2.05) is 12.1 Å². The number of aliphatic hydroxyl groups excluding tert-OH is 1. The first kappa shape index (κ1) is 18.2. The summed E-state index contributed by atoms with van der Waals surface area (Å²) < 4.78 is 14.0. The van der Waals surface area contributed by atoms with Crippen LogP contribution in [0.25, 0.3) is 0 Å². The van der Waals surface area contributed by atoms with Gasteiger partial charge in [0, 0.05) is 18.5 Å². The van der Waals surface area contributed by atoms with E-state index >= 15 is 0 Å². The summed E-state index contributed by atoms with van der Waals surface area (Å²) in [6.45, 7) is 2.36. The van der Waals surface area contributed by atoms with Crippen LogP contribution in [0.3, 0.4) is 0 Å². The molecule has 1 heterocycles. The van der Waals surface area contributed by atoms with Crippen LogP contribution in [0.2, 0.25) is 5.02 Å². The molecule has 134 valence electrons. The molecule has 0 spiro atoms. The highest BCUT2D eigenvalue weighted by Gasteiger charge is 2.35. The lowest BCUT2D eigenvalue weighted by Crippen LogP contribution is -2.46. The van der Waals surface area contributed by atoms with Crippen LogP contribution >= 0.6 is 11.6 Å². The first-order valence-electron chi connectivity index (χ1n) is 8.55. The molecule has 25 heavy (non-hydrogen) atoms. The van der Waals surface area contributed by atoms with Crippen molar-refractivity contribution in [2.75, 3.05) is 19.7 Å². The number of benzene rings is 2. The molecule has 0 saturated carbocycles. The molecule has 1 fully saturated rings. The predicted octanol–water partition coefficient (Wildman–Crippen LogP) is 4.00. The molecule has 0 unspecified atom stereocenters. The van der Waals surface area contributed by atoms with Gasteiger partial charge in [0.1, 0.15) is 11.6 Å². The molecule has 0 bridgehead atoms. The van der Waals surface area contributed by atoms with E-state index in [-0.39, 0.29) is 23.6 Å². The average Bonchev–Trinajstić information content (AvgIpc) is 2.61. The maximum absolute atomic E-state index is 14.0. The third-order valence-corrected chi connectivity index (χ3v) is 5.32. The largest absolute Gasteiger partial charge is 0.506 e. The first-order valence-corrected chi connectivity index (χ1v) is 8.93. The lowest BCUT2D eigenvalue weighted by molar-refractivity contribution is 0.0283. The van der Waals surface area contributed by atoms with Crippen LogP contribution in [0.4, 0.5) is 4.39 Å². The number of halogens is 2. The minimum Gasteiger partial charge on any atom is -0.506 e. The number of aliphatic hydroxyl groups is 1. The number of hydrogen-bond donors (Lipinski definition) is 2. The van der Waals surface area contributed by atoms with Crippen molar-refractivity contribution >= 4 is 11.6 Å². The van der Waals surface area contributed by atoms with E-state index in [1.165, 1.54) is 6.07 Å². The highest BCUT2D eigenvalue weighted by atomic mass is 35.5. The number of hydrogen-bond acceptors (Lipinski definition) is 3. The average molecular weight is 364 g/mol. The van der Waals surface area contributed by atoms with E-state index in [0.717, 1.165) is 24.9 Å². The monoisotopic (exact) mass is 363 g/mol. The number of piperidine rings is 1. The molecule has 1 saturated heterocycles. The van der Waals surface area contributed by atoms with Crippen LogP contribution in [0.1, 0.15) is 24.0 Å². The number of nitrogens with zero attached hydrogens (tertiary/aromatic N) is 1. The Balaban J connectivity index is 1.73. The van der Waals surface area contributed by atoms with Crippen molar-refractivity contribution in [2.24, 2.45) is 5.41 Å². The third-order valence-electron chi connectivity index (χ3n) is 5.02. The van der Waals surface area contributed by atoms with E-state index in [9.17, 15) is 14.6 Å². The summed E-state index contributed by atoms with van der Waals surface area (Å²) in [5.41, 5.74) is 1.34. The highest BCUT2D eigenvalue weighted by molar-refractivity contribution is 6.32. The van der Waals surface area contributed by atoms with E-state index in [4.69, 9.17) is 11.6 Å². The van der Waals surface area contributed by atoms with Gasteiger partial charge >= 0.3 is 0 Å². The van der Waals surface area contributed by atoms with Gasteiger partial charge < -0.3 is 10.2 Å². The van der Waals surface area contributed by atoms with Crippen LogP contribution in [0, 0.1) is 11.2 Å². The summed E-state index contributed by atoms with van der Waals surface area (Å²) in [5, 5.41) is 19.9. The lowest BCUT2D eigenvalue weighted by atomic mass is 9.75. The van der Waals surface area contributed by atoms with E-state index in [1.54, 1.807) is 24.3 Å². The zero-order valence-electron chi connectivity index (χ0n) is 14.1.